The zero-order valence-corrected chi connectivity index (χ0v) is 17.1. The van der Waals surface area contributed by atoms with Crippen LogP contribution in [0.3, 0.4) is 0 Å². The number of imidazole rings is 1. The molecule has 0 spiro atoms. The molecule has 29 heavy (non-hydrogen) atoms. The Hall–Kier alpha value is -2.51. The summed E-state index contributed by atoms with van der Waals surface area (Å²) in [4.78, 5) is 4.33. The van der Waals surface area contributed by atoms with Crippen LogP contribution in [0, 0.1) is 5.82 Å². The summed E-state index contributed by atoms with van der Waals surface area (Å²) >= 11 is 0. The van der Waals surface area contributed by atoms with Gasteiger partial charge in [0, 0.05) is 18.7 Å². The van der Waals surface area contributed by atoms with Crippen LogP contribution in [0.2, 0.25) is 0 Å². The highest BCUT2D eigenvalue weighted by molar-refractivity contribution is 7.88. The molecule has 1 aliphatic rings. The van der Waals surface area contributed by atoms with Gasteiger partial charge in [-0.25, -0.2) is 17.8 Å². The third-order valence-corrected chi connectivity index (χ3v) is 6.78. The van der Waals surface area contributed by atoms with Crippen LogP contribution in [0.5, 0.6) is 0 Å². The molecule has 5 nitrogen and oxygen atoms in total. The number of sulfonamides is 1. The third kappa shape index (κ3) is 4.26. The quantitative estimate of drug-likeness (QED) is 0.613. The van der Waals surface area contributed by atoms with Crippen LogP contribution < -0.4 is 0 Å². The summed E-state index contributed by atoms with van der Waals surface area (Å²) in [6.45, 7) is 1.26. The van der Waals surface area contributed by atoms with Crippen LogP contribution in [0.15, 0.2) is 61.1 Å². The highest BCUT2D eigenvalue weighted by atomic mass is 32.2. The van der Waals surface area contributed by atoms with Gasteiger partial charge in [0.25, 0.3) is 0 Å². The first-order valence-electron chi connectivity index (χ1n) is 9.74. The minimum absolute atomic E-state index is 0.151. The van der Waals surface area contributed by atoms with Crippen molar-refractivity contribution in [3.05, 3.63) is 78.0 Å². The molecule has 1 unspecified atom stereocenters. The van der Waals surface area contributed by atoms with Gasteiger partial charge in [-0.15, -0.1) is 0 Å². The van der Waals surface area contributed by atoms with E-state index in [2.05, 4.69) is 9.55 Å². The summed E-state index contributed by atoms with van der Waals surface area (Å²) in [5, 5.41) is 0. The highest BCUT2D eigenvalue weighted by Gasteiger charge is 2.34. The molecule has 1 fully saturated rings. The van der Waals surface area contributed by atoms with Gasteiger partial charge in [-0.05, 0) is 42.5 Å². The Morgan fingerprint density at radius 2 is 1.90 bits per heavy atom. The second-order valence-electron chi connectivity index (χ2n) is 7.47. The monoisotopic (exact) mass is 413 g/mol. The molecule has 1 aromatic heterocycles. The van der Waals surface area contributed by atoms with E-state index in [0.717, 1.165) is 41.6 Å². The molecule has 0 saturated carbocycles. The Labute approximate surface area is 170 Å². The summed E-state index contributed by atoms with van der Waals surface area (Å²) in [5.74, 6) is -0.238. The van der Waals surface area contributed by atoms with Crippen LogP contribution in [-0.4, -0.2) is 35.1 Å². The van der Waals surface area contributed by atoms with Gasteiger partial charge in [0.1, 0.15) is 5.82 Å². The molecular formula is C22H24FN3O2S. The van der Waals surface area contributed by atoms with E-state index in [4.69, 9.17) is 0 Å². The summed E-state index contributed by atoms with van der Waals surface area (Å²) in [7, 11) is -3.27. The molecule has 0 N–H and O–H groups in total. The van der Waals surface area contributed by atoms with E-state index in [0.29, 0.717) is 13.1 Å². The van der Waals surface area contributed by atoms with Gasteiger partial charge < -0.3 is 4.57 Å². The Kier molecular flexibility index (Phi) is 5.52. The van der Waals surface area contributed by atoms with Crippen LogP contribution in [-0.2, 0) is 23.0 Å². The second kappa shape index (κ2) is 8.08. The van der Waals surface area contributed by atoms with Crippen molar-refractivity contribution in [3.8, 4) is 11.3 Å². The summed E-state index contributed by atoms with van der Waals surface area (Å²) in [6, 6.07) is 14.3. The van der Waals surface area contributed by atoms with Crippen molar-refractivity contribution in [1.82, 2.24) is 13.9 Å². The number of aromatic nitrogens is 2. The van der Waals surface area contributed by atoms with E-state index >= 15 is 0 Å². The molecule has 1 aliphatic heterocycles. The Bertz CT molecular complexity index is 1090. The van der Waals surface area contributed by atoms with Crippen molar-refractivity contribution in [2.75, 3.05) is 12.8 Å². The normalized spacial score (nSPS) is 17.7. The van der Waals surface area contributed by atoms with Crippen molar-refractivity contribution in [1.29, 1.82) is 0 Å². The lowest BCUT2D eigenvalue weighted by Gasteiger charge is -2.25. The smallest absolute Gasteiger partial charge is 0.211 e. The van der Waals surface area contributed by atoms with E-state index in [1.54, 1.807) is 22.8 Å². The van der Waals surface area contributed by atoms with Crippen LogP contribution in [0.1, 0.15) is 30.0 Å². The fraction of sp³-hybridized carbons (Fsp3) is 0.318. The van der Waals surface area contributed by atoms with E-state index < -0.39 is 10.0 Å². The topological polar surface area (TPSA) is 55.2 Å². The van der Waals surface area contributed by atoms with Crippen LogP contribution in [0.25, 0.3) is 11.3 Å². The molecule has 7 heteroatoms. The van der Waals surface area contributed by atoms with E-state index in [1.807, 2.05) is 30.5 Å². The lowest BCUT2D eigenvalue weighted by Crippen LogP contribution is -2.29. The molecule has 0 radical (unpaired) electrons. The zero-order valence-electron chi connectivity index (χ0n) is 16.3. The predicted octanol–water partition coefficient (Wildman–Crippen LogP) is 4.03. The molecule has 0 aliphatic carbocycles. The zero-order chi connectivity index (χ0) is 20.4. The minimum atomic E-state index is -3.27. The number of hydrogen-bond acceptors (Lipinski definition) is 3. The van der Waals surface area contributed by atoms with Crippen molar-refractivity contribution in [3.63, 3.8) is 0 Å². The maximum atomic E-state index is 13.1. The standard InChI is InChI=1S/C22H24FN3O2S/c1-29(27,28)26-13-4-7-21(26)19-5-2-3-6-20(19)22-15-24-16-25(22)14-12-17-8-10-18(23)11-9-17/h2-3,5-6,8-11,15-16,21H,4,7,12-14H2,1H3. The van der Waals surface area contributed by atoms with Gasteiger partial charge in [-0.3, -0.25) is 0 Å². The van der Waals surface area contributed by atoms with Gasteiger partial charge in [-0.2, -0.15) is 4.31 Å². The largest absolute Gasteiger partial charge is 0.330 e. The molecule has 1 saturated heterocycles. The number of nitrogens with zero attached hydrogens (tertiary/aromatic N) is 3. The van der Waals surface area contributed by atoms with Crippen molar-refractivity contribution in [2.24, 2.45) is 0 Å². The van der Waals surface area contributed by atoms with Crippen molar-refractivity contribution in [2.45, 2.75) is 31.8 Å². The molecular weight excluding hydrogens is 389 g/mol. The first-order chi connectivity index (χ1) is 13.9. The highest BCUT2D eigenvalue weighted by Crippen LogP contribution is 2.38. The third-order valence-electron chi connectivity index (χ3n) is 5.49. The Morgan fingerprint density at radius 1 is 1.14 bits per heavy atom. The first kappa shape index (κ1) is 19.8. The number of aryl methyl sites for hydroxylation is 2. The van der Waals surface area contributed by atoms with Gasteiger partial charge in [0.15, 0.2) is 0 Å². The molecule has 2 heterocycles. The van der Waals surface area contributed by atoms with E-state index in [-0.39, 0.29) is 11.9 Å². The molecule has 0 bridgehead atoms. The maximum Gasteiger partial charge on any atom is 0.211 e. The van der Waals surface area contributed by atoms with Gasteiger partial charge >= 0.3 is 0 Å². The lowest BCUT2D eigenvalue weighted by molar-refractivity contribution is 0.401. The average Bonchev–Trinajstić information content (AvgIpc) is 3.37. The number of rotatable bonds is 6. The summed E-state index contributed by atoms with van der Waals surface area (Å²) in [5.41, 5.74) is 4.03. The van der Waals surface area contributed by atoms with Crippen LogP contribution in [0.4, 0.5) is 4.39 Å². The Morgan fingerprint density at radius 3 is 2.66 bits per heavy atom. The molecule has 4 rings (SSSR count). The van der Waals surface area contributed by atoms with Gasteiger partial charge in [0.2, 0.25) is 10.0 Å². The summed E-state index contributed by atoms with van der Waals surface area (Å²) < 4.78 is 41.3. The predicted molar refractivity (Wildman–Crippen MR) is 111 cm³/mol. The molecule has 2 aromatic carbocycles. The maximum absolute atomic E-state index is 13.1. The molecule has 152 valence electrons. The van der Waals surface area contributed by atoms with E-state index in [9.17, 15) is 12.8 Å². The Balaban J connectivity index is 1.64. The fourth-order valence-corrected chi connectivity index (χ4v) is 5.23. The van der Waals surface area contributed by atoms with Crippen molar-refractivity contribution < 1.29 is 12.8 Å². The van der Waals surface area contributed by atoms with Gasteiger partial charge in [0.05, 0.1) is 30.5 Å². The molecule has 3 aromatic rings. The SMILES string of the molecule is CS(=O)(=O)N1CCCC1c1ccccc1-c1cncn1CCc1ccc(F)cc1. The van der Waals surface area contributed by atoms with Gasteiger partial charge in [-0.1, -0.05) is 36.4 Å². The fourth-order valence-electron chi connectivity index (χ4n) is 4.09. The molecule has 0 amide bonds. The van der Waals surface area contributed by atoms with E-state index in [1.165, 1.54) is 18.4 Å². The summed E-state index contributed by atoms with van der Waals surface area (Å²) in [6.07, 6.45) is 7.32. The van der Waals surface area contributed by atoms with Crippen LogP contribution >= 0.6 is 0 Å². The molecule has 1 atom stereocenters. The second-order valence-corrected chi connectivity index (χ2v) is 9.40. The van der Waals surface area contributed by atoms with Crippen molar-refractivity contribution >= 4 is 10.0 Å². The minimum Gasteiger partial charge on any atom is -0.330 e. The number of hydrogen-bond donors (Lipinski definition) is 0. The number of benzene rings is 2. The average molecular weight is 414 g/mol. The number of halogens is 1. The first-order valence-corrected chi connectivity index (χ1v) is 11.6. The lowest BCUT2D eigenvalue weighted by atomic mass is 9.97.